The zero-order valence-corrected chi connectivity index (χ0v) is 28.0. The molecule has 256 valence electrons. The zero-order valence-electron chi connectivity index (χ0n) is 25.7. The molecule has 16 heteroatoms. The van der Waals surface area contributed by atoms with Crippen molar-refractivity contribution in [2.75, 3.05) is 105 Å². The minimum Gasteiger partial charge on any atom is -0.491 e. The zero-order chi connectivity index (χ0) is 32.3. The van der Waals surface area contributed by atoms with Crippen LogP contribution in [0.1, 0.15) is 12.5 Å². The summed E-state index contributed by atoms with van der Waals surface area (Å²) in [6, 6.07) is 6.91. The molecule has 15 nitrogen and oxygen atoms in total. The van der Waals surface area contributed by atoms with E-state index in [9.17, 15) is 39.6 Å². The number of nitrogens with zero attached hydrogens (tertiary/aromatic N) is 4. The predicted molar refractivity (Wildman–Crippen MR) is 158 cm³/mol. The van der Waals surface area contributed by atoms with Crippen molar-refractivity contribution in [2.45, 2.75) is 19.4 Å². The maximum atomic E-state index is 11.9. The Morgan fingerprint density at radius 2 is 1.13 bits per heavy atom. The van der Waals surface area contributed by atoms with E-state index in [1.165, 1.54) is 0 Å². The molecule has 1 heterocycles. The van der Waals surface area contributed by atoms with Gasteiger partial charge in [0.1, 0.15) is 12.4 Å². The monoisotopic (exact) mass is 784 g/mol. The first kappa shape index (κ1) is 41.0. The number of carboxylic acid groups (broad SMARTS) is 4. The van der Waals surface area contributed by atoms with Crippen LogP contribution >= 0.6 is 0 Å². The quantitative estimate of drug-likeness (QED) is 0.141. The number of benzene rings is 1. The van der Waals surface area contributed by atoms with Gasteiger partial charge in [-0.25, -0.2) is 0 Å². The summed E-state index contributed by atoms with van der Waals surface area (Å²) in [7, 11) is 0. The molecule has 0 bridgehead atoms. The van der Waals surface area contributed by atoms with Gasteiger partial charge in [0, 0.05) is 98.4 Å². The largest absolute Gasteiger partial charge is 0.491 e. The molecule has 0 saturated carbocycles. The summed E-state index contributed by atoms with van der Waals surface area (Å²) in [5.41, 5.74) is 0.878. The first-order chi connectivity index (χ1) is 21.0. The van der Waals surface area contributed by atoms with Crippen LogP contribution in [0.25, 0.3) is 0 Å². The molecule has 1 aliphatic rings. The molecule has 2 rings (SSSR count). The van der Waals surface area contributed by atoms with Gasteiger partial charge in [0.2, 0.25) is 0 Å². The van der Waals surface area contributed by atoms with Crippen molar-refractivity contribution in [1.82, 2.24) is 19.6 Å². The van der Waals surface area contributed by atoms with Crippen LogP contribution in [0.15, 0.2) is 24.3 Å². The van der Waals surface area contributed by atoms with Gasteiger partial charge in [0.15, 0.2) is 0 Å². The van der Waals surface area contributed by atoms with E-state index < -0.39 is 29.9 Å². The molecule has 0 spiro atoms. The normalized spacial score (nSPS) is 17.8. The molecule has 1 saturated heterocycles. The molecule has 0 aliphatic carbocycles. The maximum absolute atomic E-state index is 11.9. The Bertz CT molecular complexity index is 1030. The Labute approximate surface area is 295 Å². The molecule has 0 radical (unpaired) electrons. The van der Waals surface area contributed by atoms with Gasteiger partial charge in [-0.05, 0) is 31.0 Å². The molecule has 0 aromatic heterocycles. The van der Waals surface area contributed by atoms with Crippen molar-refractivity contribution >= 4 is 23.9 Å². The van der Waals surface area contributed by atoms with Crippen LogP contribution in [0, 0.1) is 39.9 Å². The molecule has 1 aromatic rings. The maximum Gasteiger partial charge on any atom is 0.317 e. The van der Waals surface area contributed by atoms with Gasteiger partial charge < -0.3 is 34.6 Å². The molecule has 1 atom stereocenters. The summed E-state index contributed by atoms with van der Waals surface area (Å²) in [5.74, 6) is -3.56. The minimum absolute atomic E-state index is 0. The summed E-state index contributed by atoms with van der Waals surface area (Å²) in [4.78, 5) is 53.4. The number of rotatable bonds is 18. The fourth-order valence-corrected chi connectivity index (χ4v) is 4.93. The van der Waals surface area contributed by atoms with Crippen molar-refractivity contribution in [3.63, 3.8) is 0 Å². The number of aliphatic carboxylic acids is 4. The molecular formula is C29H46GdN4O11. The summed E-state index contributed by atoms with van der Waals surface area (Å²) in [5, 5.41) is 38.1. The third-order valence-corrected chi connectivity index (χ3v) is 7.04. The van der Waals surface area contributed by atoms with Gasteiger partial charge in [-0.1, -0.05) is 12.1 Å². The summed E-state index contributed by atoms with van der Waals surface area (Å²) in [6.45, 7) is 4.78. The van der Waals surface area contributed by atoms with E-state index in [4.69, 9.17) is 14.2 Å². The second-order valence-electron chi connectivity index (χ2n) is 10.5. The molecule has 4 N–H and O–H groups in total. The van der Waals surface area contributed by atoms with Gasteiger partial charge in [-0.3, -0.25) is 38.8 Å². The minimum atomic E-state index is -1.06. The number of carbonyl (C=O) groups is 4. The molecule has 1 aliphatic heterocycles. The van der Waals surface area contributed by atoms with Crippen molar-refractivity contribution in [2.24, 2.45) is 0 Å². The van der Waals surface area contributed by atoms with Crippen LogP contribution < -0.4 is 4.74 Å². The van der Waals surface area contributed by atoms with Crippen molar-refractivity contribution < 1.29 is 93.8 Å². The third kappa shape index (κ3) is 18.7. The van der Waals surface area contributed by atoms with Gasteiger partial charge in [-0.2, -0.15) is 0 Å². The van der Waals surface area contributed by atoms with Crippen LogP contribution in [-0.4, -0.2) is 175 Å². The molecule has 45 heavy (non-hydrogen) atoms. The van der Waals surface area contributed by atoms with Crippen LogP contribution in [0.5, 0.6) is 5.75 Å². The van der Waals surface area contributed by atoms with E-state index in [0.29, 0.717) is 45.2 Å². The standard InChI is InChI=1S/C29H46N4O11.Gd/c1-2-42-13-14-43-15-16-44-25-5-3-23(4-6-25)17-24-18-32(21-28(38)39)10-9-30(19-26(34)35)7-8-31(20-27(36)37)11-12-33(24)22-29(40)41;/h3-6,24H,2,7-22H2,1H3,(H,34,35)(H,36,37)(H,38,39)(H,40,41);/t24-;/m0./s1. The van der Waals surface area contributed by atoms with E-state index >= 15 is 0 Å². The average molecular weight is 784 g/mol. The Morgan fingerprint density at radius 1 is 0.667 bits per heavy atom. The topological polar surface area (TPSA) is 190 Å². The SMILES string of the molecule is CCOCCOCCOc1ccc(C[C@H]2CN(CC(=O)O)CCN(CC(=O)O)CCN(CC(=O)O)CCN2CC(=O)O)cc1.[Gd]. The number of ether oxygens (including phenoxy) is 3. The molecule has 0 amide bonds. The van der Waals surface area contributed by atoms with Crippen LogP contribution in [-0.2, 0) is 35.1 Å². The summed E-state index contributed by atoms with van der Waals surface area (Å²) >= 11 is 0. The third-order valence-electron chi connectivity index (χ3n) is 7.04. The predicted octanol–water partition coefficient (Wildman–Crippen LogP) is -0.410. The van der Waals surface area contributed by atoms with Crippen LogP contribution in [0.3, 0.4) is 0 Å². The Morgan fingerprint density at radius 3 is 1.67 bits per heavy atom. The molecular weight excluding hydrogens is 738 g/mol. The molecule has 0 unspecified atom stereocenters. The smallest absolute Gasteiger partial charge is 0.317 e. The first-order valence-electron chi connectivity index (χ1n) is 14.7. The van der Waals surface area contributed by atoms with Gasteiger partial charge in [0.25, 0.3) is 0 Å². The second-order valence-corrected chi connectivity index (χ2v) is 10.5. The van der Waals surface area contributed by atoms with Gasteiger partial charge >= 0.3 is 23.9 Å². The fourth-order valence-electron chi connectivity index (χ4n) is 4.93. The van der Waals surface area contributed by atoms with E-state index in [0.717, 1.165) is 5.56 Å². The number of carboxylic acids is 4. The van der Waals surface area contributed by atoms with E-state index in [-0.39, 0.29) is 112 Å². The van der Waals surface area contributed by atoms with Crippen molar-refractivity contribution in [3.05, 3.63) is 29.8 Å². The summed E-state index contributed by atoms with van der Waals surface area (Å²) in [6.07, 6.45) is 0.391. The second kappa shape index (κ2) is 23.3. The van der Waals surface area contributed by atoms with Crippen molar-refractivity contribution in [3.8, 4) is 5.75 Å². The average Bonchev–Trinajstić information content (AvgIpc) is 2.94. The first-order valence-corrected chi connectivity index (χ1v) is 14.7. The van der Waals surface area contributed by atoms with Crippen LogP contribution in [0.2, 0.25) is 0 Å². The molecule has 1 fully saturated rings. The van der Waals surface area contributed by atoms with E-state index in [1.54, 1.807) is 31.7 Å². The van der Waals surface area contributed by atoms with Crippen molar-refractivity contribution in [1.29, 1.82) is 0 Å². The molecule has 1 aromatic carbocycles. The Kier molecular flexibility index (Phi) is 21.3. The van der Waals surface area contributed by atoms with Gasteiger partial charge in [-0.15, -0.1) is 0 Å². The fraction of sp³-hybridized carbons (Fsp3) is 0.655. The Hall–Kier alpha value is -2.02. The van der Waals surface area contributed by atoms with Gasteiger partial charge in [0.05, 0.1) is 46.0 Å². The summed E-state index contributed by atoms with van der Waals surface area (Å²) < 4.78 is 16.4. The van der Waals surface area contributed by atoms with E-state index in [1.807, 2.05) is 19.1 Å². The van der Waals surface area contributed by atoms with E-state index in [2.05, 4.69) is 0 Å². The number of hydrogen-bond donors (Lipinski definition) is 4. The van der Waals surface area contributed by atoms with Crippen LogP contribution in [0.4, 0.5) is 0 Å². The number of hydrogen-bond acceptors (Lipinski definition) is 11. The Balaban J connectivity index is 0.0000101.